The lowest BCUT2D eigenvalue weighted by Crippen LogP contribution is -2.46. The minimum absolute atomic E-state index is 0.105. The second kappa shape index (κ2) is 9.70. The molecule has 0 bridgehead atoms. The van der Waals surface area contributed by atoms with E-state index < -0.39 is 10.0 Å². The Morgan fingerprint density at radius 3 is 2.71 bits per heavy atom. The molecule has 0 aliphatic carbocycles. The Bertz CT molecular complexity index is 1010. The van der Waals surface area contributed by atoms with Gasteiger partial charge in [0.2, 0.25) is 22.7 Å². The van der Waals surface area contributed by atoms with Crippen LogP contribution in [0.15, 0.2) is 48.5 Å². The van der Waals surface area contributed by atoms with Gasteiger partial charge in [-0.05, 0) is 48.9 Å². The molecule has 1 saturated heterocycles. The zero-order chi connectivity index (χ0) is 21.7. The van der Waals surface area contributed by atoms with Crippen LogP contribution in [0.1, 0.15) is 30.4 Å². The number of benzene rings is 2. The molecule has 2 heterocycles. The van der Waals surface area contributed by atoms with Gasteiger partial charge in [0, 0.05) is 19.6 Å². The number of aryl methyl sites for hydroxylation is 1. The predicted octanol–water partition coefficient (Wildman–Crippen LogP) is 2.71. The molecule has 2 aliphatic heterocycles. The summed E-state index contributed by atoms with van der Waals surface area (Å²) in [6.45, 7) is 1.32. The number of ether oxygens (including phenoxy) is 2. The number of amides is 1. The van der Waals surface area contributed by atoms with E-state index in [9.17, 15) is 13.2 Å². The van der Waals surface area contributed by atoms with E-state index in [1.807, 2.05) is 48.5 Å². The summed E-state index contributed by atoms with van der Waals surface area (Å²) in [5, 5.41) is 2.94. The van der Waals surface area contributed by atoms with Crippen molar-refractivity contribution in [1.82, 2.24) is 9.62 Å². The van der Waals surface area contributed by atoms with Gasteiger partial charge in [0.25, 0.3) is 0 Å². The molecule has 8 heteroatoms. The summed E-state index contributed by atoms with van der Waals surface area (Å²) in [5.41, 5.74) is 2.05. The Hall–Kier alpha value is -2.58. The smallest absolute Gasteiger partial charge is 0.231 e. The second-order valence-corrected chi connectivity index (χ2v) is 10.1. The van der Waals surface area contributed by atoms with Crippen LogP contribution >= 0.6 is 0 Å². The van der Waals surface area contributed by atoms with Crippen LogP contribution in [-0.2, 0) is 27.8 Å². The van der Waals surface area contributed by atoms with E-state index in [2.05, 4.69) is 5.32 Å². The standard InChI is InChI=1S/C23H28N2O5S/c26-23(24-15-19-10-11-21-22(14-19)30-17-29-21)20-9-4-12-25(16-20)31(27,28)13-5-8-18-6-2-1-3-7-18/h1-3,6-7,10-11,14,20H,4-5,8-9,12-13,15-17H2,(H,24,26)/t20-/m1/s1. The van der Waals surface area contributed by atoms with Crippen molar-refractivity contribution in [2.75, 3.05) is 25.6 Å². The highest BCUT2D eigenvalue weighted by Crippen LogP contribution is 2.32. The number of hydrogen-bond donors (Lipinski definition) is 1. The molecule has 0 aromatic heterocycles. The van der Waals surface area contributed by atoms with Crippen molar-refractivity contribution in [2.24, 2.45) is 5.92 Å². The summed E-state index contributed by atoms with van der Waals surface area (Å²) in [5.74, 6) is 1.05. The molecule has 1 amide bonds. The van der Waals surface area contributed by atoms with Crippen molar-refractivity contribution in [3.63, 3.8) is 0 Å². The average molecular weight is 445 g/mol. The van der Waals surface area contributed by atoms with Crippen LogP contribution in [0.4, 0.5) is 0 Å². The van der Waals surface area contributed by atoms with Gasteiger partial charge in [0.05, 0.1) is 11.7 Å². The third kappa shape index (κ3) is 5.57. The molecule has 0 radical (unpaired) electrons. The molecule has 31 heavy (non-hydrogen) atoms. The van der Waals surface area contributed by atoms with Crippen LogP contribution in [0.25, 0.3) is 0 Å². The zero-order valence-corrected chi connectivity index (χ0v) is 18.3. The fraction of sp³-hybridized carbons (Fsp3) is 0.435. The van der Waals surface area contributed by atoms with E-state index in [0.717, 1.165) is 17.5 Å². The maximum absolute atomic E-state index is 12.8. The molecule has 0 spiro atoms. The van der Waals surface area contributed by atoms with Crippen LogP contribution in [0.2, 0.25) is 0 Å². The van der Waals surface area contributed by atoms with Gasteiger partial charge in [0.1, 0.15) is 0 Å². The van der Waals surface area contributed by atoms with Crippen molar-refractivity contribution >= 4 is 15.9 Å². The van der Waals surface area contributed by atoms with Crippen molar-refractivity contribution in [1.29, 1.82) is 0 Å². The number of carbonyl (C=O) groups excluding carboxylic acids is 1. The number of piperidine rings is 1. The Morgan fingerprint density at radius 1 is 1.06 bits per heavy atom. The third-order valence-electron chi connectivity index (χ3n) is 5.76. The van der Waals surface area contributed by atoms with Gasteiger partial charge in [0.15, 0.2) is 11.5 Å². The maximum atomic E-state index is 12.8. The summed E-state index contributed by atoms with van der Waals surface area (Å²) in [6.07, 6.45) is 2.69. The Morgan fingerprint density at radius 2 is 1.87 bits per heavy atom. The van der Waals surface area contributed by atoms with E-state index in [0.29, 0.717) is 43.9 Å². The van der Waals surface area contributed by atoms with Crippen LogP contribution in [0.3, 0.4) is 0 Å². The topological polar surface area (TPSA) is 84.9 Å². The van der Waals surface area contributed by atoms with Crippen LogP contribution in [0.5, 0.6) is 11.5 Å². The fourth-order valence-electron chi connectivity index (χ4n) is 4.03. The maximum Gasteiger partial charge on any atom is 0.231 e. The Balaban J connectivity index is 1.27. The van der Waals surface area contributed by atoms with Crippen molar-refractivity contribution < 1.29 is 22.7 Å². The first-order valence-corrected chi connectivity index (χ1v) is 12.3. The fourth-order valence-corrected chi connectivity index (χ4v) is 5.61. The molecule has 1 N–H and O–H groups in total. The number of nitrogens with zero attached hydrogens (tertiary/aromatic N) is 1. The normalized spacial score (nSPS) is 18.6. The summed E-state index contributed by atoms with van der Waals surface area (Å²) in [6, 6.07) is 15.5. The first kappa shape index (κ1) is 21.6. The SMILES string of the molecule is O=C(NCc1ccc2c(c1)OCO2)[C@@H]1CCCN(S(=O)(=O)CCCc2ccccc2)C1. The van der Waals surface area contributed by atoms with E-state index in [1.54, 1.807) is 0 Å². The summed E-state index contributed by atoms with van der Waals surface area (Å²) < 4.78 is 37.8. The van der Waals surface area contributed by atoms with Gasteiger partial charge in [-0.3, -0.25) is 4.79 Å². The van der Waals surface area contributed by atoms with Crippen LogP contribution < -0.4 is 14.8 Å². The van der Waals surface area contributed by atoms with E-state index in [-0.39, 0.29) is 30.9 Å². The van der Waals surface area contributed by atoms with Gasteiger partial charge in [-0.25, -0.2) is 12.7 Å². The summed E-state index contributed by atoms with van der Waals surface area (Å²) in [7, 11) is -3.37. The van der Waals surface area contributed by atoms with Crippen molar-refractivity contribution in [3.8, 4) is 11.5 Å². The van der Waals surface area contributed by atoms with Gasteiger partial charge in [-0.15, -0.1) is 0 Å². The van der Waals surface area contributed by atoms with Crippen LogP contribution in [0, 0.1) is 5.92 Å². The minimum atomic E-state index is -3.37. The number of carbonyl (C=O) groups is 1. The lowest BCUT2D eigenvalue weighted by Gasteiger charge is -2.31. The highest BCUT2D eigenvalue weighted by Gasteiger charge is 2.32. The average Bonchev–Trinajstić information content (AvgIpc) is 3.26. The molecule has 1 fully saturated rings. The molecule has 166 valence electrons. The van der Waals surface area contributed by atoms with Gasteiger partial charge >= 0.3 is 0 Å². The number of rotatable bonds is 8. The molecule has 2 aliphatic rings. The van der Waals surface area contributed by atoms with Gasteiger partial charge in [-0.1, -0.05) is 36.4 Å². The Labute approximate surface area is 183 Å². The number of nitrogens with one attached hydrogen (secondary N) is 1. The lowest BCUT2D eigenvalue weighted by atomic mass is 9.98. The second-order valence-electron chi connectivity index (χ2n) is 8.01. The monoisotopic (exact) mass is 444 g/mol. The molecule has 4 rings (SSSR count). The predicted molar refractivity (Wildman–Crippen MR) is 117 cm³/mol. The molecule has 1 atom stereocenters. The molecule has 2 aromatic carbocycles. The number of fused-ring (bicyclic) bond motifs is 1. The number of hydrogen-bond acceptors (Lipinski definition) is 5. The van der Waals surface area contributed by atoms with Crippen molar-refractivity contribution in [2.45, 2.75) is 32.2 Å². The summed E-state index contributed by atoms with van der Waals surface area (Å²) in [4.78, 5) is 12.7. The minimum Gasteiger partial charge on any atom is -0.454 e. The molecular formula is C23H28N2O5S. The molecule has 0 saturated carbocycles. The highest BCUT2D eigenvalue weighted by atomic mass is 32.2. The van der Waals surface area contributed by atoms with Crippen molar-refractivity contribution in [3.05, 3.63) is 59.7 Å². The first-order valence-electron chi connectivity index (χ1n) is 10.7. The molecule has 7 nitrogen and oxygen atoms in total. The first-order chi connectivity index (χ1) is 15.0. The third-order valence-corrected chi connectivity index (χ3v) is 7.69. The quantitative estimate of drug-likeness (QED) is 0.677. The van der Waals surface area contributed by atoms with Gasteiger partial charge < -0.3 is 14.8 Å². The van der Waals surface area contributed by atoms with Crippen LogP contribution in [-0.4, -0.2) is 44.3 Å². The molecular weight excluding hydrogens is 416 g/mol. The number of sulfonamides is 1. The zero-order valence-electron chi connectivity index (χ0n) is 17.5. The molecule has 0 unspecified atom stereocenters. The van der Waals surface area contributed by atoms with Gasteiger partial charge in [-0.2, -0.15) is 0 Å². The summed E-state index contributed by atoms with van der Waals surface area (Å²) >= 11 is 0. The van der Waals surface area contributed by atoms with E-state index in [1.165, 1.54) is 4.31 Å². The Kier molecular flexibility index (Phi) is 6.77. The highest BCUT2D eigenvalue weighted by molar-refractivity contribution is 7.89. The molecule has 2 aromatic rings. The largest absolute Gasteiger partial charge is 0.454 e. The lowest BCUT2D eigenvalue weighted by molar-refractivity contribution is -0.126. The van der Waals surface area contributed by atoms with E-state index >= 15 is 0 Å². The van der Waals surface area contributed by atoms with E-state index in [4.69, 9.17) is 9.47 Å².